The number of carbonyl (C=O) groups is 1. The minimum atomic E-state index is -3.72. The lowest BCUT2D eigenvalue weighted by atomic mass is 10.3. The Morgan fingerprint density at radius 3 is 2.67 bits per heavy atom. The minimum Gasteiger partial charge on any atom is -0.398 e. The van der Waals surface area contributed by atoms with Crippen LogP contribution in [0.1, 0.15) is 12.8 Å². The number of hydrogen-bond donors (Lipinski definition) is 3. The summed E-state index contributed by atoms with van der Waals surface area (Å²) >= 11 is 5.72. The van der Waals surface area contributed by atoms with Crippen LogP contribution in [0.2, 0.25) is 5.02 Å². The number of nitrogens with one attached hydrogen (secondary N) is 1. The first kappa shape index (κ1) is 14.7. The third-order valence-corrected chi connectivity index (χ3v) is 3.91. The van der Waals surface area contributed by atoms with Gasteiger partial charge >= 0.3 is 0 Å². The highest BCUT2D eigenvalue weighted by atomic mass is 35.5. The van der Waals surface area contributed by atoms with Crippen molar-refractivity contribution in [3.8, 4) is 0 Å². The predicted octanol–water partition coefficient (Wildman–Crippen LogP) is 0.466. The highest BCUT2D eigenvalue weighted by molar-refractivity contribution is 7.89. The number of anilines is 1. The van der Waals surface area contributed by atoms with Crippen LogP contribution in [-0.4, -0.2) is 20.9 Å². The summed E-state index contributed by atoms with van der Waals surface area (Å²) in [4.78, 5) is 10.4. The van der Waals surface area contributed by atoms with Gasteiger partial charge in [-0.2, -0.15) is 0 Å². The van der Waals surface area contributed by atoms with Crippen molar-refractivity contribution in [2.24, 2.45) is 5.73 Å². The Balaban J connectivity index is 2.74. The molecule has 1 amide bonds. The largest absolute Gasteiger partial charge is 0.398 e. The molecule has 5 N–H and O–H groups in total. The van der Waals surface area contributed by atoms with E-state index in [2.05, 4.69) is 4.72 Å². The van der Waals surface area contributed by atoms with E-state index >= 15 is 0 Å². The van der Waals surface area contributed by atoms with Gasteiger partial charge in [0.2, 0.25) is 15.9 Å². The van der Waals surface area contributed by atoms with E-state index in [4.69, 9.17) is 23.1 Å². The molecule has 100 valence electrons. The Morgan fingerprint density at radius 1 is 1.39 bits per heavy atom. The first-order valence-corrected chi connectivity index (χ1v) is 7.02. The van der Waals surface area contributed by atoms with Gasteiger partial charge in [0.25, 0.3) is 0 Å². The Morgan fingerprint density at radius 2 is 2.06 bits per heavy atom. The number of benzene rings is 1. The third kappa shape index (κ3) is 4.17. The van der Waals surface area contributed by atoms with Crippen molar-refractivity contribution in [3.05, 3.63) is 23.2 Å². The molecule has 0 spiro atoms. The van der Waals surface area contributed by atoms with Gasteiger partial charge in [-0.3, -0.25) is 4.79 Å². The smallest absolute Gasteiger partial charge is 0.242 e. The molecule has 0 fully saturated rings. The standard InChI is InChI=1S/C10H14ClN3O3S/c11-7-3-4-8(12)9(6-7)18(16,17)14-5-1-2-10(13)15/h3-4,6,14H,1-2,5,12H2,(H2,13,15). The Hall–Kier alpha value is -1.31. The van der Waals surface area contributed by atoms with Crippen molar-refractivity contribution in [2.75, 3.05) is 12.3 Å². The highest BCUT2D eigenvalue weighted by Crippen LogP contribution is 2.22. The van der Waals surface area contributed by atoms with Crippen LogP contribution in [0.3, 0.4) is 0 Å². The summed E-state index contributed by atoms with van der Waals surface area (Å²) in [5.74, 6) is -0.475. The van der Waals surface area contributed by atoms with Gasteiger partial charge in [0, 0.05) is 18.0 Å². The van der Waals surface area contributed by atoms with Crippen molar-refractivity contribution in [3.63, 3.8) is 0 Å². The number of primary amides is 1. The van der Waals surface area contributed by atoms with Crippen molar-refractivity contribution in [1.82, 2.24) is 4.72 Å². The van der Waals surface area contributed by atoms with Gasteiger partial charge in [0.1, 0.15) is 4.90 Å². The lowest BCUT2D eigenvalue weighted by Gasteiger charge is -2.09. The molecule has 0 aliphatic rings. The van der Waals surface area contributed by atoms with Crippen LogP contribution in [0, 0.1) is 0 Å². The van der Waals surface area contributed by atoms with E-state index in [1.54, 1.807) is 0 Å². The van der Waals surface area contributed by atoms with Gasteiger partial charge in [-0.05, 0) is 24.6 Å². The SMILES string of the molecule is NC(=O)CCCNS(=O)(=O)c1cc(Cl)ccc1N. The predicted molar refractivity (Wildman–Crippen MR) is 69.5 cm³/mol. The van der Waals surface area contributed by atoms with Gasteiger partial charge in [-0.1, -0.05) is 11.6 Å². The van der Waals surface area contributed by atoms with Gasteiger partial charge < -0.3 is 11.5 Å². The summed E-state index contributed by atoms with van der Waals surface area (Å²) in [6, 6.07) is 4.19. The Bertz CT molecular complexity index is 545. The molecule has 0 bridgehead atoms. The number of carbonyl (C=O) groups excluding carboxylic acids is 1. The number of sulfonamides is 1. The maximum Gasteiger partial charge on any atom is 0.242 e. The number of nitrogen functional groups attached to an aromatic ring is 1. The highest BCUT2D eigenvalue weighted by Gasteiger charge is 2.17. The fourth-order valence-electron chi connectivity index (χ4n) is 1.29. The molecule has 0 saturated carbocycles. The van der Waals surface area contributed by atoms with E-state index in [-0.39, 0.29) is 28.6 Å². The number of nitrogens with two attached hydrogens (primary N) is 2. The van der Waals surface area contributed by atoms with Crippen LogP contribution in [-0.2, 0) is 14.8 Å². The summed E-state index contributed by atoms with van der Waals surface area (Å²) in [6.07, 6.45) is 0.447. The molecular formula is C10H14ClN3O3S. The zero-order valence-corrected chi connectivity index (χ0v) is 11.1. The number of amides is 1. The zero-order chi connectivity index (χ0) is 13.8. The topological polar surface area (TPSA) is 115 Å². The number of rotatable bonds is 6. The van der Waals surface area contributed by atoms with Crippen molar-refractivity contribution < 1.29 is 13.2 Å². The second kappa shape index (κ2) is 6.03. The summed E-state index contributed by atoms with van der Waals surface area (Å²) in [7, 11) is -3.72. The average Bonchev–Trinajstić information content (AvgIpc) is 2.27. The fourth-order valence-corrected chi connectivity index (χ4v) is 2.75. The molecule has 1 aromatic rings. The van der Waals surface area contributed by atoms with Crippen LogP contribution < -0.4 is 16.2 Å². The van der Waals surface area contributed by atoms with Crippen LogP contribution in [0.15, 0.2) is 23.1 Å². The lowest BCUT2D eigenvalue weighted by molar-refractivity contribution is -0.118. The molecule has 0 heterocycles. The summed E-state index contributed by atoms with van der Waals surface area (Å²) in [5.41, 5.74) is 10.6. The van der Waals surface area contributed by atoms with Crippen molar-refractivity contribution in [1.29, 1.82) is 0 Å². The molecule has 0 radical (unpaired) electrons. The number of hydrogen-bond acceptors (Lipinski definition) is 4. The summed E-state index contributed by atoms with van der Waals surface area (Å²) in [6.45, 7) is 0.108. The third-order valence-electron chi connectivity index (χ3n) is 2.16. The molecule has 0 aliphatic heterocycles. The van der Waals surface area contributed by atoms with Crippen LogP contribution in [0.25, 0.3) is 0 Å². The van der Waals surface area contributed by atoms with Gasteiger partial charge in [0.05, 0.1) is 5.69 Å². The van der Waals surface area contributed by atoms with Crippen LogP contribution in [0.4, 0.5) is 5.69 Å². The summed E-state index contributed by atoms with van der Waals surface area (Å²) in [5, 5.41) is 0.279. The molecular weight excluding hydrogens is 278 g/mol. The van der Waals surface area contributed by atoms with E-state index in [0.29, 0.717) is 6.42 Å². The molecule has 1 rings (SSSR count). The number of halogens is 1. The quantitative estimate of drug-likeness (QED) is 0.522. The Labute approximate surface area is 110 Å². The van der Waals surface area contributed by atoms with E-state index in [9.17, 15) is 13.2 Å². The molecule has 1 aromatic carbocycles. The summed E-state index contributed by atoms with van der Waals surface area (Å²) < 4.78 is 26.1. The maximum absolute atomic E-state index is 11.9. The molecule has 0 aromatic heterocycles. The van der Waals surface area contributed by atoms with Gasteiger partial charge in [-0.15, -0.1) is 0 Å². The van der Waals surface area contributed by atoms with Crippen molar-refractivity contribution in [2.45, 2.75) is 17.7 Å². The molecule has 0 unspecified atom stereocenters. The van der Waals surface area contributed by atoms with Gasteiger partial charge in [0.15, 0.2) is 0 Å². The molecule has 0 saturated heterocycles. The van der Waals surface area contributed by atoms with Crippen molar-refractivity contribution >= 4 is 33.2 Å². The van der Waals surface area contributed by atoms with E-state index in [1.807, 2.05) is 0 Å². The second-order valence-corrected chi connectivity index (χ2v) is 5.82. The van der Waals surface area contributed by atoms with Crippen LogP contribution in [0.5, 0.6) is 0 Å². The lowest BCUT2D eigenvalue weighted by Crippen LogP contribution is -2.26. The normalized spacial score (nSPS) is 11.4. The molecule has 8 heteroatoms. The van der Waals surface area contributed by atoms with E-state index < -0.39 is 15.9 Å². The molecule has 0 aliphatic carbocycles. The molecule has 6 nitrogen and oxygen atoms in total. The monoisotopic (exact) mass is 291 g/mol. The fraction of sp³-hybridized carbons (Fsp3) is 0.300. The first-order chi connectivity index (χ1) is 8.33. The average molecular weight is 292 g/mol. The first-order valence-electron chi connectivity index (χ1n) is 5.16. The van der Waals surface area contributed by atoms with E-state index in [1.165, 1.54) is 18.2 Å². The second-order valence-electron chi connectivity index (χ2n) is 3.65. The maximum atomic E-state index is 11.9. The Kier molecular flexibility index (Phi) is 4.94. The van der Waals surface area contributed by atoms with E-state index in [0.717, 1.165) is 0 Å². The molecule has 18 heavy (non-hydrogen) atoms. The molecule has 0 atom stereocenters. The van der Waals surface area contributed by atoms with Crippen LogP contribution >= 0.6 is 11.6 Å². The zero-order valence-electron chi connectivity index (χ0n) is 9.52. The van der Waals surface area contributed by atoms with Gasteiger partial charge in [-0.25, -0.2) is 13.1 Å². The minimum absolute atomic E-state index is 0.0749.